The largest absolute Gasteiger partial charge is 0.315 e. The molecule has 1 saturated heterocycles. The number of thioether (sulfide) groups is 1. The van der Waals surface area contributed by atoms with Gasteiger partial charge < -0.3 is 4.57 Å². The van der Waals surface area contributed by atoms with Crippen LogP contribution in [-0.2, 0) is 11.3 Å². The summed E-state index contributed by atoms with van der Waals surface area (Å²) in [6.07, 6.45) is 3.38. The van der Waals surface area contributed by atoms with E-state index >= 15 is 0 Å². The smallest absolute Gasteiger partial charge is 0.251 e. The molecule has 1 aliphatic rings. The topological polar surface area (TPSA) is 71.3 Å². The van der Waals surface area contributed by atoms with E-state index < -0.39 is 17.1 Å². The Balaban J connectivity index is 1.80. The van der Waals surface area contributed by atoms with Crippen LogP contribution in [0.5, 0.6) is 0 Å². The highest BCUT2D eigenvalue weighted by Crippen LogP contribution is 2.38. The zero-order chi connectivity index (χ0) is 19.4. The SMILES string of the molecule is O=C(NO)C1(CCn2ccc(-c3ccc(Cl)cc3F)cc2=O)CCSCC1. The van der Waals surface area contributed by atoms with Crippen LogP contribution in [0, 0.1) is 11.2 Å². The van der Waals surface area contributed by atoms with Crippen LogP contribution in [0.2, 0.25) is 5.02 Å². The molecule has 0 aliphatic carbocycles. The van der Waals surface area contributed by atoms with Gasteiger partial charge >= 0.3 is 0 Å². The molecule has 0 atom stereocenters. The van der Waals surface area contributed by atoms with Crippen LogP contribution in [-0.4, -0.2) is 27.2 Å². The Morgan fingerprint density at radius 2 is 2.04 bits per heavy atom. The van der Waals surface area contributed by atoms with Gasteiger partial charge in [0.1, 0.15) is 5.82 Å². The second-order valence-electron chi connectivity index (χ2n) is 6.65. The van der Waals surface area contributed by atoms with Gasteiger partial charge in [-0.2, -0.15) is 11.8 Å². The first-order valence-electron chi connectivity index (χ1n) is 8.63. The summed E-state index contributed by atoms with van der Waals surface area (Å²) in [6, 6.07) is 7.37. The zero-order valence-electron chi connectivity index (χ0n) is 14.6. The van der Waals surface area contributed by atoms with Gasteiger partial charge in [0.25, 0.3) is 5.56 Å². The minimum atomic E-state index is -0.666. The lowest BCUT2D eigenvalue weighted by Crippen LogP contribution is -2.43. The molecule has 2 aromatic rings. The van der Waals surface area contributed by atoms with Gasteiger partial charge in [-0.25, -0.2) is 9.87 Å². The number of amides is 1. The summed E-state index contributed by atoms with van der Waals surface area (Å²) < 4.78 is 15.6. The fourth-order valence-corrected chi connectivity index (χ4v) is 4.82. The van der Waals surface area contributed by atoms with E-state index in [1.165, 1.54) is 22.8 Å². The molecule has 0 bridgehead atoms. The lowest BCUT2D eigenvalue weighted by molar-refractivity contribution is -0.141. The Hall–Kier alpha value is -1.83. The first-order chi connectivity index (χ1) is 12.9. The van der Waals surface area contributed by atoms with E-state index in [1.54, 1.807) is 35.6 Å². The molecule has 2 heterocycles. The molecule has 1 aromatic carbocycles. The number of benzene rings is 1. The number of pyridine rings is 1. The van der Waals surface area contributed by atoms with Crippen molar-refractivity contribution in [2.24, 2.45) is 5.41 Å². The van der Waals surface area contributed by atoms with Gasteiger partial charge in [-0.1, -0.05) is 11.6 Å². The van der Waals surface area contributed by atoms with Crippen molar-refractivity contribution < 1.29 is 14.4 Å². The van der Waals surface area contributed by atoms with Crippen LogP contribution >= 0.6 is 23.4 Å². The number of hydroxylamine groups is 1. The van der Waals surface area contributed by atoms with Gasteiger partial charge in [0.15, 0.2) is 0 Å². The van der Waals surface area contributed by atoms with E-state index in [2.05, 4.69) is 0 Å². The molecule has 27 heavy (non-hydrogen) atoms. The Labute approximate surface area is 165 Å². The maximum Gasteiger partial charge on any atom is 0.251 e. The number of hydrogen-bond donors (Lipinski definition) is 2. The monoisotopic (exact) mass is 410 g/mol. The molecule has 1 fully saturated rings. The van der Waals surface area contributed by atoms with E-state index in [-0.39, 0.29) is 5.56 Å². The number of carbonyl (C=O) groups is 1. The molecular formula is C19H20ClFN2O3S. The normalized spacial score (nSPS) is 16.1. The third-order valence-corrected chi connectivity index (χ3v) is 6.32. The highest BCUT2D eigenvalue weighted by molar-refractivity contribution is 7.99. The highest BCUT2D eigenvalue weighted by atomic mass is 35.5. The van der Waals surface area contributed by atoms with Crippen molar-refractivity contribution in [3.63, 3.8) is 0 Å². The van der Waals surface area contributed by atoms with Crippen LogP contribution < -0.4 is 11.0 Å². The third kappa shape index (κ3) is 4.36. The maximum absolute atomic E-state index is 14.1. The quantitative estimate of drug-likeness (QED) is 0.582. The van der Waals surface area contributed by atoms with E-state index in [1.807, 2.05) is 0 Å². The maximum atomic E-state index is 14.1. The predicted molar refractivity (Wildman–Crippen MR) is 105 cm³/mol. The Morgan fingerprint density at radius 1 is 1.30 bits per heavy atom. The zero-order valence-corrected chi connectivity index (χ0v) is 16.2. The number of nitrogens with zero attached hydrogens (tertiary/aromatic N) is 1. The van der Waals surface area contributed by atoms with Gasteiger partial charge in [0, 0.05) is 29.4 Å². The van der Waals surface area contributed by atoms with Crippen molar-refractivity contribution in [1.29, 1.82) is 0 Å². The Kier molecular flexibility index (Phi) is 6.24. The van der Waals surface area contributed by atoms with E-state index in [0.29, 0.717) is 42.0 Å². The molecule has 1 aliphatic heterocycles. The number of aromatic nitrogens is 1. The average Bonchev–Trinajstić information content (AvgIpc) is 2.67. The summed E-state index contributed by atoms with van der Waals surface area (Å²) in [5.41, 5.74) is 1.63. The first-order valence-corrected chi connectivity index (χ1v) is 10.2. The molecule has 5 nitrogen and oxygen atoms in total. The van der Waals surface area contributed by atoms with Crippen LogP contribution in [0.3, 0.4) is 0 Å². The van der Waals surface area contributed by atoms with Gasteiger partial charge in [-0.05, 0) is 60.6 Å². The van der Waals surface area contributed by atoms with Crippen molar-refractivity contribution >= 4 is 29.3 Å². The van der Waals surface area contributed by atoms with Crippen LogP contribution in [0.15, 0.2) is 41.3 Å². The second kappa shape index (κ2) is 8.46. The first kappa shape index (κ1) is 19.9. The molecule has 8 heteroatoms. The van der Waals surface area contributed by atoms with Gasteiger partial charge in [0.05, 0.1) is 5.41 Å². The fourth-order valence-electron chi connectivity index (χ4n) is 3.39. The van der Waals surface area contributed by atoms with Crippen molar-refractivity contribution in [1.82, 2.24) is 10.0 Å². The molecule has 2 N–H and O–H groups in total. The standard InChI is InChI=1S/C19H20ClFN2O3S/c20-14-1-2-15(16(21)12-14)13-3-7-23(17(24)11-13)8-4-19(18(25)22-26)5-9-27-10-6-19/h1-3,7,11-12,26H,4-6,8-10H2,(H,22,25). The van der Waals surface area contributed by atoms with Gasteiger partial charge in [0.2, 0.25) is 5.91 Å². The predicted octanol–water partition coefficient (Wildman–Crippen LogP) is 3.72. The molecule has 0 saturated carbocycles. The number of halogens is 2. The molecule has 0 spiro atoms. The molecule has 0 unspecified atom stereocenters. The number of aryl methyl sites for hydroxylation is 1. The summed E-state index contributed by atoms with van der Waals surface area (Å²) in [5.74, 6) is 0.808. The van der Waals surface area contributed by atoms with Gasteiger partial charge in [-0.15, -0.1) is 0 Å². The van der Waals surface area contributed by atoms with E-state index in [9.17, 15) is 14.0 Å². The summed E-state index contributed by atoms with van der Waals surface area (Å²) >= 11 is 7.55. The van der Waals surface area contributed by atoms with E-state index in [0.717, 1.165) is 11.5 Å². The second-order valence-corrected chi connectivity index (χ2v) is 8.32. The lowest BCUT2D eigenvalue weighted by atomic mass is 9.78. The third-order valence-electron chi connectivity index (χ3n) is 5.10. The van der Waals surface area contributed by atoms with Gasteiger partial charge in [-0.3, -0.25) is 14.8 Å². The fraction of sp³-hybridized carbons (Fsp3) is 0.368. The average molecular weight is 411 g/mol. The van der Waals surface area contributed by atoms with Crippen LogP contribution in [0.4, 0.5) is 4.39 Å². The Bertz CT molecular complexity index is 897. The number of hydrogen-bond acceptors (Lipinski definition) is 4. The number of carbonyl (C=O) groups excluding carboxylic acids is 1. The Morgan fingerprint density at radius 3 is 2.67 bits per heavy atom. The van der Waals surface area contributed by atoms with Crippen molar-refractivity contribution in [2.45, 2.75) is 25.8 Å². The van der Waals surface area contributed by atoms with E-state index in [4.69, 9.17) is 16.8 Å². The molecule has 1 aromatic heterocycles. The van der Waals surface area contributed by atoms with Crippen molar-refractivity contribution in [3.05, 3.63) is 57.7 Å². The molecule has 3 rings (SSSR count). The summed E-state index contributed by atoms with van der Waals surface area (Å²) in [5, 5.41) is 9.39. The lowest BCUT2D eigenvalue weighted by Gasteiger charge is -2.34. The number of nitrogens with one attached hydrogen (secondary N) is 1. The number of rotatable bonds is 5. The van der Waals surface area contributed by atoms with Crippen LogP contribution in [0.1, 0.15) is 19.3 Å². The molecule has 1 amide bonds. The summed E-state index contributed by atoms with van der Waals surface area (Å²) in [7, 11) is 0. The highest BCUT2D eigenvalue weighted by Gasteiger charge is 2.39. The minimum absolute atomic E-state index is 0.272. The minimum Gasteiger partial charge on any atom is -0.315 e. The summed E-state index contributed by atoms with van der Waals surface area (Å²) in [4.78, 5) is 24.7. The van der Waals surface area contributed by atoms with Crippen LogP contribution in [0.25, 0.3) is 11.1 Å². The summed E-state index contributed by atoms with van der Waals surface area (Å²) in [6.45, 7) is 0.348. The molecule has 144 valence electrons. The van der Waals surface area contributed by atoms with Crippen molar-refractivity contribution in [3.8, 4) is 11.1 Å². The molecule has 0 radical (unpaired) electrons. The molecular weight excluding hydrogens is 391 g/mol. The van der Waals surface area contributed by atoms with Crippen molar-refractivity contribution in [2.75, 3.05) is 11.5 Å².